The third-order valence-corrected chi connectivity index (χ3v) is 2.34. The normalized spacial score (nSPS) is 13.4. The average molecular weight is 175 g/mol. The highest BCUT2D eigenvalue weighted by Crippen LogP contribution is 2.23. The fourth-order valence-corrected chi connectivity index (χ4v) is 1.56. The van der Waals surface area contributed by atoms with Crippen LogP contribution in [0.25, 0.3) is 0 Å². The van der Waals surface area contributed by atoms with Gasteiger partial charge in [0.2, 0.25) is 0 Å². The second kappa shape index (κ2) is 3.80. The van der Waals surface area contributed by atoms with Crippen LogP contribution in [-0.4, -0.2) is 11.7 Å². The van der Waals surface area contributed by atoms with Crippen molar-refractivity contribution in [3.05, 3.63) is 22.1 Å². The largest absolute Gasteiger partial charge is 0.388 e. The molecule has 0 aliphatic carbocycles. The molecule has 0 aromatic carbocycles. The lowest BCUT2D eigenvalue weighted by Gasteiger charge is -2.04. The predicted octanol–water partition coefficient (Wildman–Crippen LogP) is 1.27. The molecule has 0 aliphatic rings. The van der Waals surface area contributed by atoms with Crippen LogP contribution in [0.5, 0.6) is 0 Å². The first-order valence-electron chi connectivity index (χ1n) is 3.37. The van der Waals surface area contributed by atoms with Gasteiger partial charge in [-0.1, -0.05) is 0 Å². The molecule has 0 radical (unpaired) electrons. The molecule has 0 saturated heterocycles. The SMILES string of the molecule is NCC[C@H](O)c1ccc(F)s1. The number of hydrogen-bond acceptors (Lipinski definition) is 3. The molecule has 4 heteroatoms. The van der Waals surface area contributed by atoms with Crippen molar-refractivity contribution in [1.82, 2.24) is 0 Å². The monoisotopic (exact) mass is 175 g/mol. The van der Waals surface area contributed by atoms with E-state index in [1.54, 1.807) is 6.07 Å². The summed E-state index contributed by atoms with van der Waals surface area (Å²) in [7, 11) is 0. The lowest BCUT2D eigenvalue weighted by Crippen LogP contribution is -2.05. The Morgan fingerprint density at radius 1 is 1.64 bits per heavy atom. The fraction of sp³-hybridized carbons (Fsp3) is 0.429. The molecule has 0 fully saturated rings. The summed E-state index contributed by atoms with van der Waals surface area (Å²) in [5.41, 5.74) is 5.22. The number of rotatable bonds is 3. The average Bonchev–Trinajstić information content (AvgIpc) is 2.36. The standard InChI is InChI=1S/C7H10FNOS/c8-7-2-1-6(11-7)5(10)3-4-9/h1-2,5,10H,3-4,9H2/t5-/m0/s1. The molecule has 1 rings (SSSR count). The van der Waals surface area contributed by atoms with E-state index in [9.17, 15) is 9.50 Å². The molecule has 0 aliphatic heterocycles. The minimum Gasteiger partial charge on any atom is -0.388 e. The zero-order chi connectivity index (χ0) is 8.27. The van der Waals surface area contributed by atoms with E-state index in [1.807, 2.05) is 0 Å². The Kier molecular flexibility index (Phi) is 2.99. The maximum Gasteiger partial charge on any atom is 0.176 e. The highest BCUT2D eigenvalue weighted by atomic mass is 32.1. The van der Waals surface area contributed by atoms with Crippen LogP contribution in [-0.2, 0) is 0 Å². The van der Waals surface area contributed by atoms with Crippen molar-refractivity contribution < 1.29 is 9.50 Å². The van der Waals surface area contributed by atoms with Gasteiger partial charge in [-0.3, -0.25) is 0 Å². The summed E-state index contributed by atoms with van der Waals surface area (Å²) in [6, 6.07) is 2.93. The van der Waals surface area contributed by atoms with E-state index in [1.165, 1.54) is 6.07 Å². The first-order valence-corrected chi connectivity index (χ1v) is 4.19. The summed E-state index contributed by atoms with van der Waals surface area (Å²) in [6.45, 7) is 0.417. The highest BCUT2D eigenvalue weighted by Gasteiger charge is 2.08. The van der Waals surface area contributed by atoms with Gasteiger partial charge in [0.25, 0.3) is 0 Å². The summed E-state index contributed by atoms with van der Waals surface area (Å²) in [5, 5.41) is 9.03. The summed E-state index contributed by atoms with van der Waals surface area (Å²) >= 11 is 0.964. The maximum absolute atomic E-state index is 12.4. The molecule has 2 nitrogen and oxygen atoms in total. The summed E-state index contributed by atoms with van der Waals surface area (Å²) < 4.78 is 12.4. The first-order chi connectivity index (χ1) is 5.24. The second-order valence-electron chi connectivity index (χ2n) is 2.24. The van der Waals surface area contributed by atoms with Gasteiger partial charge in [0.15, 0.2) is 5.13 Å². The van der Waals surface area contributed by atoms with E-state index in [-0.39, 0.29) is 5.13 Å². The Labute approximate surface area is 68.5 Å². The van der Waals surface area contributed by atoms with Crippen molar-refractivity contribution >= 4 is 11.3 Å². The van der Waals surface area contributed by atoms with Crippen LogP contribution in [0.4, 0.5) is 4.39 Å². The van der Waals surface area contributed by atoms with Crippen molar-refractivity contribution in [3.63, 3.8) is 0 Å². The van der Waals surface area contributed by atoms with E-state index in [2.05, 4.69) is 0 Å². The molecule has 0 unspecified atom stereocenters. The van der Waals surface area contributed by atoms with Crippen LogP contribution in [0.15, 0.2) is 12.1 Å². The van der Waals surface area contributed by atoms with Gasteiger partial charge in [-0.25, -0.2) is 0 Å². The minimum absolute atomic E-state index is 0.268. The summed E-state index contributed by atoms with van der Waals surface area (Å²) in [4.78, 5) is 0.646. The Morgan fingerprint density at radius 2 is 2.36 bits per heavy atom. The van der Waals surface area contributed by atoms with Crippen LogP contribution in [0, 0.1) is 5.13 Å². The topological polar surface area (TPSA) is 46.2 Å². The van der Waals surface area contributed by atoms with Crippen molar-refractivity contribution in [2.45, 2.75) is 12.5 Å². The molecule has 0 saturated carbocycles. The molecule has 0 spiro atoms. The number of halogens is 1. The van der Waals surface area contributed by atoms with Gasteiger partial charge in [-0.2, -0.15) is 4.39 Å². The fourth-order valence-electron chi connectivity index (χ4n) is 0.807. The van der Waals surface area contributed by atoms with E-state index in [0.29, 0.717) is 17.8 Å². The van der Waals surface area contributed by atoms with Crippen LogP contribution in [0.3, 0.4) is 0 Å². The maximum atomic E-state index is 12.4. The van der Waals surface area contributed by atoms with Gasteiger partial charge in [-0.05, 0) is 25.1 Å². The lowest BCUT2D eigenvalue weighted by atomic mass is 10.2. The number of thiophene rings is 1. The Hall–Kier alpha value is -0.450. The number of aliphatic hydroxyl groups is 1. The second-order valence-corrected chi connectivity index (χ2v) is 3.30. The molecule has 1 heterocycles. The molecule has 62 valence electrons. The molecule has 1 aromatic rings. The van der Waals surface area contributed by atoms with Crippen molar-refractivity contribution in [3.8, 4) is 0 Å². The molecule has 0 bridgehead atoms. The number of aliphatic hydroxyl groups excluding tert-OH is 1. The Balaban J connectivity index is 2.60. The Bertz CT molecular complexity index is 226. The van der Waals surface area contributed by atoms with Crippen molar-refractivity contribution in [2.24, 2.45) is 5.73 Å². The van der Waals surface area contributed by atoms with E-state index < -0.39 is 6.10 Å². The molecule has 0 amide bonds. The van der Waals surface area contributed by atoms with Crippen LogP contribution in [0.1, 0.15) is 17.4 Å². The van der Waals surface area contributed by atoms with Gasteiger partial charge in [0.05, 0.1) is 6.10 Å². The molecule has 3 N–H and O–H groups in total. The van der Waals surface area contributed by atoms with Gasteiger partial charge >= 0.3 is 0 Å². The summed E-state index contributed by atoms with van der Waals surface area (Å²) in [5.74, 6) is 0. The van der Waals surface area contributed by atoms with Crippen LogP contribution >= 0.6 is 11.3 Å². The van der Waals surface area contributed by atoms with E-state index in [0.717, 1.165) is 11.3 Å². The number of nitrogens with two attached hydrogens (primary N) is 1. The van der Waals surface area contributed by atoms with Gasteiger partial charge in [-0.15, -0.1) is 11.3 Å². The van der Waals surface area contributed by atoms with Gasteiger partial charge in [0.1, 0.15) is 0 Å². The number of hydrogen-bond donors (Lipinski definition) is 2. The van der Waals surface area contributed by atoms with E-state index >= 15 is 0 Å². The lowest BCUT2D eigenvalue weighted by molar-refractivity contribution is 0.174. The quantitative estimate of drug-likeness (QED) is 0.726. The molecular weight excluding hydrogens is 165 g/mol. The molecule has 11 heavy (non-hydrogen) atoms. The third-order valence-electron chi connectivity index (χ3n) is 1.36. The van der Waals surface area contributed by atoms with Gasteiger partial charge in [0, 0.05) is 4.88 Å². The molecular formula is C7H10FNOS. The highest BCUT2D eigenvalue weighted by molar-refractivity contribution is 7.10. The molecule has 1 atom stereocenters. The minimum atomic E-state index is -0.602. The van der Waals surface area contributed by atoms with Crippen LogP contribution < -0.4 is 5.73 Å². The predicted molar refractivity (Wildman–Crippen MR) is 42.9 cm³/mol. The van der Waals surface area contributed by atoms with Crippen LogP contribution in [0.2, 0.25) is 0 Å². The third kappa shape index (κ3) is 2.25. The van der Waals surface area contributed by atoms with Gasteiger partial charge < -0.3 is 10.8 Å². The molecule has 1 aromatic heterocycles. The van der Waals surface area contributed by atoms with Crippen molar-refractivity contribution in [1.29, 1.82) is 0 Å². The zero-order valence-corrected chi connectivity index (χ0v) is 6.77. The van der Waals surface area contributed by atoms with Crippen molar-refractivity contribution in [2.75, 3.05) is 6.54 Å². The smallest absolute Gasteiger partial charge is 0.176 e. The zero-order valence-electron chi connectivity index (χ0n) is 5.96. The summed E-state index contributed by atoms with van der Waals surface area (Å²) in [6.07, 6.45) is -0.116. The Morgan fingerprint density at radius 3 is 2.82 bits per heavy atom. The van der Waals surface area contributed by atoms with E-state index in [4.69, 9.17) is 5.73 Å². The first kappa shape index (κ1) is 8.64.